The molecule has 0 aliphatic rings. The normalized spacial score (nSPS) is 13.1. The van der Waals surface area contributed by atoms with Crippen LogP contribution in [0.25, 0.3) is 0 Å². The van der Waals surface area contributed by atoms with Crippen molar-refractivity contribution in [3.05, 3.63) is 35.9 Å². The lowest BCUT2D eigenvalue weighted by Gasteiger charge is -2.11. The highest BCUT2D eigenvalue weighted by Gasteiger charge is 2.27. The van der Waals surface area contributed by atoms with E-state index in [1.54, 1.807) is 0 Å². The van der Waals surface area contributed by atoms with E-state index in [0.717, 1.165) is 11.3 Å². The van der Waals surface area contributed by atoms with Crippen molar-refractivity contribution in [1.82, 2.24) is 0 Å². The zero-order valence-corrected chi connectivity index (χ0v) is 11.1. The zero-order chi connectivity index (χ0) is 14.3. The van der Waals surface area contributed by atoms with Gasteiger partial charge < -0.3 is 4.74 Å². The monoisotopic (exact) mass is 273 g/mol. The molecule has 0 bridgehead atoms. The number of aliphatic imine (C=N–C) groups is 1. The van der Waals surface area contributed by atoms with Gasteiger partial charge in [-0.25, -0.2) is 0 Å². The highest BCUT2D eigenvalue weighted by Crippen LogP contribution is 2.14. The van der Waals surface area contributed by atoms with E-state index in [1.807, 2.05) is 44.2 Å². The minimum atomic E-state index is -4.27. The summed E-state index contributed by atoms with van der Waals surface area (Å²) in [6.45, 7) is 3.00. The van der Waals surface area contributed by atoms with Crippen LogP contribution in [0, 0.1) is 5.92 Å². The van der Waals surface area contributed by atoms with Gasteiger partial charge in [-0.2, -0.15) is 13.2 Å². The Bertz CT molecular complexity index is 399. The zero-order valence-electron chi connectivity index (χ0n) is 11.1. The molecule has 0 aliphatic heterocycles. The van der Waals surface area contributed by atoms with Gasteiger partial charge in [0, 0.05) is 5.71 Å². The molecule has 0 amide bonds. The molecule has 1 rings (SSSR count). The molecule has 0 spiro atoms. The topological polar surface area (TPSA) is 21.6 Å². The minimum Gasteiger partial charge on any atom is -0.370 e. The van der Waals surface area contributed by atoms with Crippen molar-refractivity contribution in [2.45, 2.75) is 20.0 Å². The Kier molecular flexibility index (Phi) is 6.02. The Morgan fingerprint density at radius 3 is 2.37 bits per heavy atom. The summed E-state index contributed by atoms with van der Waals surface area (Å²) in [5.74, 6) is 0.213. The second-order valence-corrected chi connectivity index (χ2v) is 4.46. The fourth-order valence-electron chi connectivity index (χ4n) is 1.63. The van der Waals surface area contributed by atoms with Crippen molar-refractivity contribution in [2.24, 2.45) is 10.9 Å². The van der Waals surface area contributed by atoms with E-state index in [2.05, 4.69) is 9.73 Å². The lowest BCUT2D eigenvalue weighted by atomic mass is 10.00. The lowest BCUT2D eigenvalue weighted by molar-refractivity contribution is -0.173. The molecule has 0 aliphatic carbocycles. The van der Waals surface area contributed by atoms with Gasteiger partial charge in [-0.15, -0.1) is 0 Å². The van der Waals surface area contributed by atoms with E-state index < -0.39 is 12.8 Å². The molecule has 0 N–H and O–H groups in total. The maximum absolute atomic E-state index is 11.9. The van der Waals surface area contributed by atoms with Crippen LogP contribution in [0.5, 0.6) is 0 Å². The van der Waals surface area contributed by atoms with E-state index in [4.69, 9.17) is 0 Å². The molecule has 0 aromatic heterocycles. The SMILES string of the molecule is CC(C)C(=NCCOCC(F)(F)F)c1ccccc1. The smallest absolute Gasteiger partial charge is 0.370 e. The second-order valence-electron chi connectivity index (χ2n) is 4.46. The first-order valence-electron chi connectivity index (χ1n) is 6.14. The third-order valence-corrected chi connectivity index (χ3v) is 2.40. The number of hydrogen-bond acceptors (Lipinski definition) is 2. The highest BCUT2D eigenvalue weighted by atomic mass is 19.4. The van der Waals surface area contributed by atoms with Gasteiger partial charge in [0.1, 0.15) is 6.61 Å². The summed E-state index contributed by atoms with van der Waals surface area (Å²) in [6, 6.07) is 9.61. The molecule has 0 unspecified atom stereocenters. The quantitative estimate of drug-likeness (QED) is 0.572. The molecule has 0 radical (unpaired) electrons. The molecule has 0 heterocycles. The van der Waals surface area contributed by atoms with Gasteiger partial charge in [0.2, 0.25) is 0 Å². The average Bonchev–Trinajstić information content (AvgIpc) is 2.33. The predicted molar refractivity (Wildman–Crippen MR) is 69.6 cm³/mol. The number of ether oxygens (including phenoxy) is 1. The molecule has 1 aromatic carbocycles. The second kappa shape index (κ2) is 7.28. The largest absolute Gasteiger partial charge is 0.411 e. The van der Waals surface area contributed by atoms with Gasteiger partial charge in [-0.1, -0.05) is 44.2 Å². The number of halogens is 3. The van der Waals surface area contributed by atoms with Crippen LogP contribution in [-0.4, -0.2) is 31.6 Å². The first-order chi connectivity index (χ1) is 8.90. The fourth-order valence-corrected chi connectivity index (χ4v) is 1.63. The number of rotatable bonds is 6. The number of alkyl halides is 3. The van der Waals surface area contributed by atoms with Crippen LogP contribution in [0.15, 0.2) is 35.3 Å². The van der Waals surface area contributed by atoms with E-state index >= 15 is 0 Å². The van der Waals surface area contributed by atoms with E-state index in [0.29, 0.717) is 0 Å². The Labute approximate surface area is 111 Å². The number of nitrogens with zero attached hydrogens (tertiary/aromatic N) is 1. The molecule has 106 valence electrons. The summed E-state index contributed by atoms with van der Waals surface area (Å²) >= 11 is 0. The Morgan fingerprint density at radius 1 is 1.21 bits per heavy atom. The molecule has 5 heteroatoms. The van der Waals surface area contributed by atoms with Crippen LogP contribution < -0.4 is 0 Å². The first-order valence-corrected chi connectivity index (χ1v) is 6.14. The van der Waals surface area contributed by atoms with Crippen LogP contribution in [-0.2, 0) is 4.74 Å². The van der Waals surface area contributed by atoms with Crippen molar-refractivity contribution < 1.29 is 17.9 Å². The van der Waals surface area contributed by atoms with E-state index in [-0.39, 0.29) is 19.1 Å². The molecule has 0 saturated carbocycles. The molecule has 19 heavy (non-hydrogen) atoms. The van der Waals surface area contributed by atoms with Crippen molar-refractivity contribution in [3.63, 3.8) is 0 Å². The third kappa shape index (κ3) is 6.38. The van der Waals surface area contributed by atoms with Crippen molar-refractivity contribution in [3.8, 4) is 0 Å². The number of hydrogen-bond donors (Lipinski definition) is 0. The van der Waals surface area contributed by atoms with Crippen molar-refractivity contribution in [2.75, 3.05) is 19.8 Å². The molecule has 1 aromatic rings. The van der Waals surface area contributed by atoms with Gasteiger partial charge in [0.15, 0.2) is 0 Å². The molecular weight excluding hydrogens is 255 g/mol. The van der Waals surface area contributed by atoms with Crippen LogP contribution in [0.4, 0.5) is 13.2 Å². The van der Waals surface area contributed by atoms with Crippen LogP contribution >= 0.6 is 0 Å². The molecule has 2 nitrogen and oxygen atoms in total. The third-order valence-electron chi connectivity index (χ3n) is 2.40. The van der Waals surface area contributed by atoms with Gasteiger partial charge >= 0.3 is 6.18 Å². The summed E-state index contributed by atoms with van der Waals surface area (Å²) < 4.78 is 40.2. The van der Waals surface area contributed by atoms with E-state index in [9.17, 15) is 13.2 Å². The maximum atomic E-state index is 11.9. The Balaban J connectivity index is 2.52. The van der Waals surface area contributed by atoms with Gasteiger partial charge in [0.25, 0.3) is 0 Å². The van der Waals surface area contributed by atoms with E-state index in [1.165, 1.54) is 0 Å². The van der Waals surface area contributed by atoms with Crippen LogP contribution in [0.3, 0.4) is 0 Å². The molecule has 0 fully saturated rings. The maximum Gasteiger partial charge on any atom is 0.411 e. The van der Waals surface area contributed by atoms with Gasteiger partial charge in [-0.3, -0.25) is 4.99 Å². The standard InChI is InChI=1S/C14H18F3NO/c1-11(2)13(12-6-4-3-5-7-12)18-8-9-19-10-14(15,16)17/h3-7,11H,8-10H2,1-2H3. The molecular formula is C14H18F3NO. The number of benzene rings is 1. The predicted octanol–water partition coefficient (Wildman–Crippen LogP) is 3.71. The van der Waals surface area contributed by atoms with Gasteiger partial charge in [-0.05, 0) is 11.5 Å². The average molecular weight is 273 g/mol. The lowest BCUT2D eigenvalue weighted by Crippen LogP contribution is -2.18. The Hall–Kier alpha value is -1.36. The summed E-state index contributed by atoms with van der Waals surface area (Å²) in [5, 5.41) is 0. The highest BCUT2D eigenvalue weighted by molar-refractivity contribution is 6.01. The molecule has 0 atom stereocenters. The summed E-state index contributed by atoms with van der Waals surface area (Å²) in [4.78, 5) is 4.34. The van der Waals surface area contributed by atoms with Crippen LogP contribution in [0.2, 0.25) is 0 Å². The van der Waals surface area contributed by atoms with Crippen molar-refractivity contribution >= 4 is 5.71 Å². The first kappa shape index (κ1) is 15.7. The summed E-state index contributed by atoms with van der Waals surface area (Å²) in [6.07, 6.45) is -4.27. The van der Waals surface area contributed by atoms with Gasteiger partial charge in [0.05, 0.1) is 13.2 Å². The fraction of sp³-hybridized carbons (Fsp3) is 0.500. The Morgan fingerprint density at radius 2 is 1.84 bits per heavy atom. The van der Waals surface area contributed by atoms with Crippen molar-refractivity contribution in [1.29, 1.82) is 0 Å². The van der Waals surface area contributed by atoms with Crippen LogP contribution in [0.1, 0.15) is 19.4 Å². The summed E-state index contributed by atoms with van der Waals surface area (Å²) in [7, 11) is 0. The minimum absolute atomic E-state index is 0.0252. The molecule has 0 saturated heterocycles. The summed E-state index contributed by atoms with van der Waals surface area (Å²) in [5.41, 5.74) is 1.88.